The van der Waals surface area contributed by atoms with Crippen molar-refractivity contribution in [1.82, 2.24) is 0 Å². The summed E-state index contributed by atoms with van der Waals surface area (Å²) in [6.07, 6.45) is 47.6. The molecule has 14 rings (SSSR count). The van der Waals surface area contributed by atoms with Gasteiger partial charge in [0, 0.05) is 84.1 Å². The Balaban J connectivity index is 0.000000594. The van der Waals surface area contributed by atoms with Crippen LogP contribution < -0.4 is 31.8 Å². The second kappa shape index (κ2) is 60.4. The van der Waals surface area contributed by atoms with Gasteiger partial charge in [0.1, 0.15) is 31.8 Å². The predicted molar refractivity (Wildman–Crippen MR) is 415 cm³/mol. The Morgan fingerprint density at radius 2 is 0.367 bits per heavy atom. The normalized spacial score (nSPS) is 16.2. The standard InChI is InChI=1S/2C18H33P.2C18H15P.2C5H5.4CN.2Cu.2Fe/c4*1-4-10-16(11-5-1)19(17-12-6-2-7-13-17)18-14-8-3-9-15-18;2*1-2-4-5-3-1;4*1-2;;;;/h2*16-18H,1-15H2;2*1-15H;2*1-5H;;;;;;;;/q;;;;-5;5*-1;;;;/p+4. The fraction of sp³-hybridized carbons (Fsp3) is 0.419. The topological polar surface area (TPSA) is 95.2 Å². The number of nitrogens with zero attached hydrogens (tertiary/aromatic N) is 4. The summed E-state index contributed by atoms with van der Waals surface area (Å²) in [5.41, 5.74) is 7.36. The van der Waals surface area contributed by atoms with Gasteiger partial charge in [0.05, 0.1) is 49.8 Å². The van der Waals surface area contributed by atoms with E-state index in [0.717, 1.165) is 0 Å². The van der Waals surface area contributed by atoms with Crippen molar-refractivity contribution in [3.63, 3.8) is 0 Å². The molecule has 4 nitrogen and oxygen atoms in total. The molecule has 8 aromatic carbocycles. The fourth-order valence-electron chi connectivity index (χ4n) is 15.9. The molecule has 0 unspecified atom stereocenters. The van der Waals surface area contributed by atoms with Gasteiger partial charge in [-0.1, -0.05) is 148 Å². The van der Waals surface area contributed by atoms with Crippen molar-refractivity contribution in [3.05, 3.63) is 269 Å². The summed E-state index contributed by atoms with van der Waals surface area (Å²) >= 11 is 0. The van der Waals surface area contributed by atoms with Gasteiger partial charge in [0.25, 0.3) is 0 Å². The first-order valence-electron chi connectivity index (χ1n) is 35.8. The molecule has 0 saturated heterocycles. The molecule has 0 atom stereocenters. The van der Waals surface area contributed by atoms with Crippen LogP contribution in [-0.4, -0.2) is 34.0 Å². The molecule has 98 heavy (non-hydrogen) atoms. The van der Waals surface area contributed by atoms with Crippen molar-refractivity contribution >= 4 is 63.5 Å². The maximum atomic E-state index is 6.25. The van der Waals surface area contributed by atoms with Crippen LogP contribution in [-0.2, 0) is 68.3 Å². The number of hydrogen-bond acceptors (Lipinski definition) is 4. The van der Waals surface area contributed by atoms with E-state index in [1.54, 1.807) is 193 Å². The molecular formula is C86H110Cu2Fe2N4P4-6. The fourth-order valence-corrected chi connectivity index (χ4v) is 31.5. The SMILES string of the molecule is C1CCC([PH+](C2CCCCC2)C2CCCCC2)CC1.C1CCC([PH+](C2CCCCC2)C2CCCCC2)CC1.[C-]#N.[C-]#N.[C-]#N.[C-]#N.[Cu].[Cu].[Fe].[Fe].[cH-]1[cH-][cH-][cH-][cH-]1.c1cc[cH-]c1.c1ccc([PH+](c2ccccc2)c2ccccc2)cc1.c1ccc([PH+](c2ccccc2)c2ccccc2)cc1. The third-order valence-electron chi connectivity index (χ3n) is 19.9. The van der Waals surface area contributed by atoms with Gasteiger partial charge in [0.15, 0.2) is 0 Å². The van der Waals surface area contributed by atoms with E-state index in [9.17, 15) is 0 Å². The van der Waals surface area contributed by atoms with Gasteiger partial charge < -0.3 is 77.7 Å². The molecule has 6 saturated carbocycles. The number of hydrogen-bond donors (Lipinski definition) is 0. The molecule has 0 bridgehead atoms. The Kier molecular flexibility index (Phi) is 56.5. The third kappa shape index (κ3) is 33.7. The minimum atomic E-state index is -0.877. The molecule has 0 heterocycles. The largest absolute Gasteiger partial charge is 0.748 e. The van der Waals surface area contributed by atoms with Crippen LogP contribution in [0.4, 0.5) is 0 Å². The van der Waals surface area contributed by atoms with Crippen LogP contribution in [0.5, 0.6) is 0 Å². The Morgan fingerprint density at radius 3 is 0.490 bits per heavy atom. The van der Waals surface area contributed by atoms with E-state index in [2.05, 4.69) is 182 Å². The van der Waals surface area contributed by atoms with Gasteiger partial charge in [-0.15, -0.1) is 0 Å². The van der Waals surface area contributed by atoms with Crippen molar-refractivity contribution in [2.45, 2.75) is 227 Å². The first-order valence-corrected chi connectivity index (χ1v) is 42.3. The van der Waals surface area contributed by atoms with Crippen molar-refractivity contribution in [3.8, 4) is 0 Å². The smallest absolute Gasteiger partial charge is 0.102 e. The van der Waals surface area contributed by atoms with Crippen molar-refractivity contribution in [2.75, 3.05) is 0 Å². The minimum absolute atomic E-state index is 0. The molecule has 12 heteroatoms. The minimum Gasteiger partial charge on any atom is -0.748 e. The Bertz CT molecular complexity index is 2520. The van der Waals surface area contributed by atoms with E-state index >= 15 is 0 Å². The number of benzene rings is 6. The first-order chi connectivity index (χ1) is 46.8. The Labute approximate surface area is 642 Å². The van der Waals surface area contributed by atoms with Crippen molar-refractivity contribution in [2.24, 2.45) is 0 Å². The van der Waals surface area contributed by atoms with Gasteiger partial charge in [-0.3, -0.25) is 0 Å². The molecule has 0 N–H and O–H groups in total. The molecule has 0 aromatic heterocycles. The van der Waals surface area contributed by atoms with E-state index in [1.165, 1.54) is 65.8 Å². The second-order valence-electron chi connectivity index (χ2n) is 25.9. The van der Waals surface area contributed by atoms with E-state index in [1.807, 2.05) is 60.7 Å². The quantitative estimate of drug-likeness (QED) is 0.0692. The molecule has 6 aliphatic rings. The molecule has 2 radical (unpaired) electrons. The zero-order chi connectivity index (χ0) is 66.7. The van der Waals surface area contributed by atoms with Crippen LogP contribution in [0.2, 0.25) is 0 Å². The van der Waals surface area contributed by atoms with E-state index in [4.69, 9.17) is 47.3 Å². The average Bonchev–Trinajstić information content (AvgIpc) is 1.03. The van der Waals surface area contributed by atoms with Gasteiger partial charge in [-0.2, -0.15) is 18.2 Å². The van der Waals surface area contributed by atoms with Crippen LogP contribution in [0.15, 0.2) is 243 Å². The molecule has 0 amide bonds. The first kappa shape index (κ1) is 91.8. The van der Waals surface area contributed by atoms with Crippen LogP contribution in [0.1, 0.15) is 193 Å². The zero-order valence-corrected chi connectivity index (χ0v) is 66.0. The maximum Gasteiger partial charge on any atom is 0.102 e. The molecule has 0 spiro atoms. The van der Waals surface area contributed by atoms with Crippen molar-refractivity contribution in [1.29, 1.82) is 21.0 Å². The van der Waals surface area contributed by atoms with Crippen molar-refractivity contribution < 1.29 is 68.3 Å². The van der Waals surface area contributed by atoms with E-state index in [-0.39, 0.29) is 84.1 Å². The second-order valence-corrected chi connectivity index (χ2v) is 37.7. The van der Waals surface area contributed by atoms with Gasteiger partial charge >= 0.3 is 0 Å². The molecule has 6 aliphatic carbocycles. The Hall–Kier alpha value is -4.22. The summed E-state index contributed by atoms with van der Waals surface area (Å²) in [5, 5.41) is 33.6. The number of rotatable bonds is 12. The monoisotopic (exact) mass is 1560 g/mol. The molecule has 8 aromatic rings. The van der Waals surface area contributed by atoms with Gasteiger partial charge in [-0.25, -0.2) is 12.1 Å². The zero-order valence-electron chi connectivity index (χ0n) is 57.9. The van der Waals surface area contributed by atoms with Crippen LogP contribution >= 0.6 is 31.7 Å². The summed E-state index contributed by atoms with van der Waals surface area (Å²) in [5.74, 6) is 0. The van der Waals surface area contributed by atoms with E-state index in [0.29, 0.717) is 0 Å². The summed E-state index contributed by atoms with van der Waals surface area (Å²) in [7, 11) is -1.85. The molecular weight excluding hydrogens is 1450 g/mol. The summed E-state index contributed by atoms with van der Waals surface area (Å²) < 4.78 is 0. The van der Waals surface area contributed by atoms with Gasteiger partial charge in [0.2, 0.25) is 0 Å². The summed E-state index contributed by atoms with van der Waals surface area (Å²) in [6.45, 7) is 19.0. The summed E-state index contributed by atoms with van der Waals surface area (Å²) in [6, 6.07) is 85.0. The van der Waals surface area contributed by atoms with Crippen LogP contribution in [0, 0.1) is 47.3 Å². The van der Waals surface area contributed by atoms with Crippen LogP contribution in [0.3, 0.4) is 0 Å². The predicted octanol–water partition coefficient (Wildman–Crippen LogP) is 21.9. The molecule has 0 aliphatic heterocycles. The molecule has 6 fully saturated rings. The third-order valence-corrected chi connectivity index (χ3v) is 34.5. The molecule has 538 valence electrons. The average molecular weight is 1560 g/mol. The van der Waals surface area contributed by atoms with E-state index < -0.39 is 15.8 Å². The maximum absolute atomic E-state index is 6.25. The Morgan fingerprint density at radius 1 is 0.224 bits per heavy atom. The summed E-state index contributed by atoms with van der Waals surface area (Å²) in [4.78, 5) is 0. The van der Waals surface area contributed by atoms with Crippen LogP contribution in [0.25, 0.3) is 0 Å². The van der Waals surface area contributed by atoms with Gasteiger partial charge in [-0.05, 0) is 227 Å².